The molecule has 0 bridgehead atoms. The third-order valence-electron chi connectivity index (χ3n) is 4.42. The molecule has 0 spiro atoms. The van der Waals surface area contributed by atoms with Crippen molar-refractivity contribution in [3.05, 3.63) is 59.7 Å². The monoisotopic (exact) mass is 365 g/mol. The van der Waals surface area contributed by atoms with Gasteiger partial charge in [-0.15, -0.1) is 0 Å². The summed E-state index contributed by atoms with van der Waals surface area (Å²) in [7, 11) is 0. The van der Waals surface area contributed by atoms with Crippen molar-refractivity contribution in [3.63, 3.8) is 0 Å². The van der Waals surface area contributed by atoms with Crippen molar-refractivity contribution < 1.29 is 14.4 Å². The molecule has 0 saturated heterocycles. The molecule has 2 aromatic rings. The summed E-state index contributed by atoms with van der Waals surface area (Å²) in [6, 6.07) is 14.3. The van der Waals surface area contributed by atoms with E-state index in [2.05, 4.69) is 16.0 Å². The smallest absolute Gasteiger partial charge is 0.251 e. The molecule has 0 unspecified atom stereocenters. The summed E-state index contributed by atoms with van der Waals surface area (Å²) in [4.78, 5) is 36.3. The summed E-state index contributed by atoms with van der Waals surface area (Å²) in [5.74, 6) is -0.572. The molecule has 0 radical (unpaired) electrons. The quantitative estimate of drug-likeness (QED) is 0.705. The van der Waals surface area contributed by atoms with Gasteiger partial charge in [0.05, 0.1) is 6.54 Å². The van der Waals surface area contributed by atoms with Crippen LogP contribution in [0.2, 0.25) is 0 Å². The highest BCUT2D eigenvalue weighted by molar-refractivity contribution is 6.01. The molecule has 27 heavy (non-hydrogen) atoms. The van der Waals surface area contributed by atoms with Crippen LogP contribution < -0.4 is 16.0 Å². The number of carbonyl (C=O) groups is 3. The Bertz CT molecular complexity index is 859. The van der Waals surface area contributed by atoms with Gasteiger partial charge in [0.25, 0.3) is 5.91 Å². The zero-order chi connectivity index (χ0) is 19.2. The topological polar surface area (TPSA) is 87.3 Å². The zero-order valence-corrected chi connectivity index (χ0v) is 15.2. The van der Waals surface area contributed by atoms with E-state index >= 15 is 0 Å². The second-order valence-corrected chi connectivity index (χ2v) is 6.59. The van der Waals surface area contributed by atoms with Crippen LogP contribution in [-0.2, 0) is 16.0 Å². The normalized spacial score (nSPS) is 12.9. The molecule has 1 saturated carbocycles. The summed E-state index contributed by atoms with van der Waals surface area (Å²) in [5, 5.41) is 8.23. The summed E-state index contributed by atoms with van der Waals surface area (Å²) >= 11 is 0. The van der Waals surface area contributed by atoms with E-state index in [-0.39, 0.29) is 30.2 Å². The van der Waals surface area contributed by atoms with Crippen molar-refractivity contribution in [2.75, 3.05) is 17.2 Å². The van der Waals surface area contributed by atoms with Gasteiger partial charge in [0.15, 0.2) is 0 Å². The maximum Gasteiger partial charge on any atom is 0.251 e. The van der Waals surface area contributed by atoms with Gasteiger partial charge < -0.3 is 16.0 Å². The number of rotatable bonds is 7. The molecule has 3 N–H and O–H groups in total. The van der Waals surface area contributed by atoms with Crippen LogP contribution in [0.15, 0.2) is 48.5 Å². The van der Waals surface area contributed by atoms with Gasteiger partial charge in [0, 0.05) is 22.9 Å². The van der Waals surface area contributed by atoms with Crippen molar-refractivity contribution in [3.8, 4) is 0 Å². The van der Waals surface area contributed by atoms with Gasteiger partial charge in [-0.2, -0.15) is 0 Å². The molecule has 6 nitrogen and oxygen atoms in total. The number of hydrogen-bond acceptors (Lipinski definition) is 3. The van der Waals surface area contributed by atoms with Gasteiger partial charge in [-0.1, -0.05) is 31.2 Å². The number of aryl methyl sites for hydroxylation is 1. The maximum absolute atomic E-state index is 12.3. The number of benzene rings is 2. The molecule has 1 aliphatic rings. The van der Waals surface area contributed by atoms with Crippen molar-refractivity contribution in [2.24, 2.45) is 5.92 Å². The third kappa shape index (κ3) is 5.17. The Morgan fingerprint density at radius 1 is 1.00 bits per heavy atom. The Kier molecular flexibility index (Phi) is 5.86. The van der Waals surface area contributed by atoms with Gasteiger partial charge in [0.2, 0.25) is 11.8 Å². The second kappa shape index (κ2) is 8.49. The maximum atomic E-state index is 12.3. The van der Waals surface area contributed by atoms with Crippen molar-refractivity contribution in [2.45, 2.75) is 26.2 Å². The Morgan fingerprint density at radius 3 is 2.52 bits per heavy atom. The molecule has 1 fully saturated rings. The lowest BCUT2D eigenvalue weighted by Gasteiger charge is -2.11. The zero-order valence-electron chi connectivity index (χ0n) is 15.2. The SMILES string of the molecule is CCc1ccccc1NC(=O)CNC(=O)c1cccc(NC(=O)C2CC2)c1. The highest BCUT2D eigenvalue weighted by Crippen LogP contribution is 2.30. The molecular formula is C21H23N3O3. The molecule has 0 aliphatic heterocycles. The van der Waals surface area contributed by atoms with Crippen LogP contribution in [-0.4, -0.2) is 24.3 Å². The number of amides is 3. The van der Waals surface area contributed by atoms with Crippen LogP contribution in [0.1, 0.15) is 35.7 Å². The first-order valence-electron chi connectivity index (χ1n) is 9.13. The predicted octanol–water partition coefficient (Wildman–Crippen LogP) is 2.97. The first kappa shape index (κ1) is 18.6. The Balaban J connectivity index is 1.54. The molecule has 0 atom stereocenters. The predicted molar refractivity (Wildman–Crippen MR) is 105 cm³/mol. The fourth-order valence-corrected chi connectivity index (χ4v) is 2.74. The highest BCUT2D eigenvalue weighted by Gasteiger charge is 2.29. The molecule has 3 amide bonds. The standard InChI is InChI=1S/C21H23N3O3/c1-2-14-6-3-4-9-18(14)24-19(25)13-22-20(26)16-7-5-8-17(12-16)23-21(27)15-10-11-15/h3-9,12,15H,2,10-11,13H2,1H3,(H,22,26)(H,23,27)(H,24,25). The van der Waals surface area contributed by atoms with E-state index in [9.17, 15) is 14.4 Å². The molecule has 3 rings (SSSR count). The number of nitrogens with one attached hydrogen (secondary N) is 3. The van der Waals surface area contributed by atoms with E-state index in [0.717, 1.165) is 30.5 Å². The van der Waals surface area contributed by atoms with E-state index in [0.29, 0.717) is 11.3 Å². The minimum atomic E-state index is -0.364. The minimum absolute atomic E-state index is 0.0125. The van der Waals surface area contributed by atoms with Gasteiger partial charge in [-0.25, -0.2) is 0 Å². The molecular weight excluding hydrogens is 342 g/mol. The number of para-hydroxylation sites is 1. The molecule has 1 aliphatic carbocycles. The highest BCUT2D eigenvalue weighted by atomic mass is 16.2. The summed E-state index contributed by atoms with van der Waals surface area (Å²) in [5.41, 5.74) is 2.77. The van der Waals surface area contributed by atoms with Crippen molar-refractivity contribution in [1.29, 1.82) is 0 Å². The van der Waals surface area contributed by atoms with Gasteiger partial charge in [-0.3, -0.25) is 14.4 Å². The number of carbonyl (C=O) groups excluding carboxylic acids is 3. The average Bonchev–Trinajstić information content (AvgIpc) is 3.52. The van der Waals surface area contributed by atoms with Crippen LogP contribution in [0.5, 0.6) is 0 Å². The third-order valence-corrected chi connectivity index (χ3v) is 4.42. The molecule has 0 heterocycles. The Hall–Kier alpha value is -3.15. The number of hydrogen-bond donors (Lipinski definition) is 3. The van der Waals surface area contributed by atoms with Crippen LogP contribution in [0, 0.1) is 5.92 Å². The van der Waals surface area contributed by atoms with E-state index in [4.69, 9.17) is 0 Å². The summed E-state index contributed by atoms with van der Waals surface area (Å²) < 4.78 is 0. The van der Waals surface area contributed by atoms with E-state index in [1.54, 1.807) is 24.3 Å². The van der Waals surface area contributed by atoms with Crippen molar-refractivity contribution in [1.82, 2.24) is 5.32 Å². The lowest BCUT2D eigenvalue weighted by atomic mass is 10.1. The second-order valence-electron chi connectivity index (χ2n) is 6.59. The van der Waals surface area contributed by atoms with Crippen LogP contribution in [0.4, 0.5) is 11.4 Å². The fraction of sp³-hybridized carbons (Fsp3) is 0.286. The number of anilines is 2. The molecule has 140 valence electrons. The van der Waals surface area contributed by atoms with E-state index in [1.165, 1.54) is 0 Å². The van der Waals surface area contributed by atoms with Crippen LogP contribution in [0.3, 0.4) is 0 Å². The Labute approximate surface area is 158 Å². The lowest BCUT2D eigenvalue weighted by molar-refractivity contribution is -0.117. The summed E-state index contributed by atoms with van der Waals surface area (Å²) in [6.45, 7) is 1.89. The molecule has 0 aromatic heterocycles. The van der Waals surface area contributed by atoms with E-state index in [1.807, 2.05) is 31.2 Å². The molecule has 6 heteroatoms. The van der Waals surface area contributed by atoms with Gasteiger partial charge in [0.1, 0.15) is 0 Å². The van der Waals surface area contributed by atoms with Crippen LogP contribution in [0.25, 0.3) is 0 Å². The van der Waals surface area contributed by atoms with Crippen LogP contribution >= 0.6 is 0 Å². The minimum Gasteiger partial charge on any atom is -0.343 e. The van der Waals surface area contributed by atoms with Gasteiger partial charge >= 0.3 is 0 Å². The summed E-state index contributed by atoms with van der Waals surface area (Å²) in [6.07, 6.45) is 2.65. The van der Waals surface area contributed by atoms with E-state index < -0.39 is 0 Å². The molecule has 2 aromatic carbocycles. The first-order chi connectivity index (χ1) is 13.1. The largest absolute Gasteiger partial charge is 0.343 e. The fourth-order valence-electron chi connectivity index (χ4n) is 2.74. The van der Waals surface area contributed by atoms with Crippen molar-refractivity contribution >= 4 is 29.1 Å². The average molecular weight is 365 g/mol. The first-order valence-corrected chi connectivity index (χ1v) is 9.13. The Morgan fingerprint density at radius 2 is 1.78 bits per heavy atom. The lowest BCUT2D eigenvalue weighted by Crippen LogP contribution is -2.33. The van der Waals surface area contributed by atoms with Gasteiger partial charge in [-0.05, 0) is 49.1 Å².